The zero-order valence-electron chi connectivity index (χ0n) is 13.5. The van der Waals surface area contributed by atoms with Crippen molar-refractivity contribution in [3.05, 3.63) is 29.6 Å². The lowest BCUT2D eigenvalue weighted by Gasteiger charge is -2.31. The Morgan fingerprint density at radius 3 is 3.22 bits per heavy atom. The van der Waals surface area contributed by atoms with E-state index < -0.39 is 0 Å². The van der Waals surface area contributed by atoms with Crippen LogP contribution in [-0.2, 0) is 0 Å². The number of aryl methyl sites for hydroxylation is 1. The molecule has 0 spiro atoms. The fraction of sp³-hybridized carbons (Fsp3) is 0.529. The second-order valence-corrected chi connectivity index (χ2v) is 6.30. The molecule has 0 radical (unpaired) electrons. The van der Waals surface area contributed by atoms with Crippen molar-refractivity contribution in [2.75, 3.05) is 32.8 Å². The molecule has 0 saturated carbocycles. The van der Waals surface area contributed by atoms with Crippen LogP contribution in [-0.4, -0.2) is 58.7 Å². The molecule has 1 aromatic heterocycles. The molecule has 0 aliphatic carbocycles. The van der Waals surface area contributed by atoms with Crippen LogP contribution in [0.3, 0.4) is 0 Å². The van der Waals surface area contributed by atoms with Gasteiger partial charge in [0, 0.05) is 31.8 Å². The second-order valence-electron chi connectivity index (χ2n) is 6.30. The molecule has 1 aliphatic heterocycles. The van der Waals surface area contributed by atoms with Crippen molar-refractivity contribution < 1.29 is 9.90 Å². The van der Waals surface area contributed by atoms with Crippen molar-refractivity contribution in [3.8, 4) is 0 Å². The summed E-state index contributed by atoms with van der Waals surface area (Å²) in [5.74, 6) is 1.17. The number of nitrogens with one attached hydrogen (secondary N) is 2. The predicted octanol–water partition coefficient (Wildman–Crippen LogP) is 1.31. The van der Waals surface area contributed by atoms with Crippen LogP contribution in [0.4, 0.5) is 0 Å². The molecule has 2 heterocycles. The average Bonchev–Trinajstić information content (AvgIpc) is 2.94. The highest BCUT2D eigenvalue weighted by atomic mass is 16.3. The molecule has 23 heavy (non-hydrogen) atoms. The van der Waals surface area contributed by atoms with E-state index in [4.69, 9.17) is 0 Å². The first-order valence-electron chi connectivity index (χ1n) is 8.23. The van der Waals surface area contributed by atoms with Crippen molar-refractivity contribution in [2.24, 2.45) is 5.92 Å². The van der Waals surface area contributed by atoms with E-state index in [0.29, 0.717) is 18.0 Å². The van der Waals surface area contributed by atoms with E-state index in [1.165, 1.54) is 0 Å². The summed E-state index contributed by atoms with van der Waals surface area (Å²) in [5, 5.41) is 12.2. The molecule has 124 valence electrons. The number of rotatable bonds is 5. The standard InChI is InChI=1S/C17H24N4O2/c1-12-19-15-5-4-14(9-16(15)20-12)17(23)18-6-8-21-7-2-3-13(10-21)11-22/h4-5,9,13,22H,2-3,6-8,10-11H2,1H3,(H,18,23)(H,19,20). The number of imidazole rings is 1. The van der Waals surface area contributed by atoms with E-state index in [-0.39, 0.29) is 12.5 Å². The summed E-state index contributed by atoms with van der Waals surface area (Å²) < 4.78 is 0. The normalized spacial score (nSPS) is 19.1. The van der Waals surface area contributed by atoms with Gasteiger partial charge in [-0.2, -0.15) is 0 Å². The summed E-state index contributed by atoms with van der Waals surface area (Å²) in [6.45, 7) is 5.58. The molecular weight excluding hydrogens is 292 g/mol. The number of aromatic nitrogens is 2. The molecule has 1 amide bonds. The van der Waals surface area contributed by atoms with Crippen molar-refractivity contribution in [1.82, 2.24) is 20.2 Å². The minimum atomic E-state index is -0.0603. The zero-order valence-corrected chi connectivity index (χ0v) is 13.5. The van der Waals surface area contributed by atoms with Gasteiger partial charge in [-0.1, -0.05) is 0 Å². The smallest absolute Gasteiger partial charge is 0.251 e. The average molecular weight is 316 g/mol. The minimum Gasteiger partial charge on any atom is -0.396 e. The van der Waals surface area contributed by atoms with Crippen molar-refractivity contribution in [3.63, 3.8) is 0 Å². The number of H-pyrrole nitrogens is 1. The van der Waals surface area contributed by atoms with Gasteiger partial charge < -0.3 is 20.3 Å². The number of aliphatic hydroxyl groups excluding tert-OH is 1. The molecule has 3 rings (SSSR count). The Balaban J connectivity index is 1.52. The van der Waals surface area contributed by atoms with Gasteiger partial charge in [0.2, 0.25) is 0 Å². The molecule has 6 nitrogen and oxygen atoms in total. The maximum absolute atomic E-state index is 12.3. The van der Waals surface area contributed by atoms with E-state index in [0.717, 1.165) is 49.3 Å². The van der Waals surface area contributed by atoms with E-state index >= 15 is 0 Å². The van der Waals surface area contributed by atoms with Gasteiger partial charge >= 0.3 is 0 Å². The number of hydrogen-bond donors (Lipinski definition) is 3. The quantitative estimate of drug-likeness (QED) is 0.777. The van der Waals surface area contributed by atoms with Gasteiger partial charge in [-0.15, -0.1) is 0 Å². The maximum atomic E-state index is 12.3. The molecule has 1 saturated heterocycles. The summed E-state index contributed by atoms with van der Waals surface area (Å²) in [6.07, 6.45) is 2.22. The fourth-order valence-corrected chi connectivity index (χ4v) is 3.21. The van der Waals surface area contributed by atoms with Crippen LogP contribution in [0.25, 0.3) is 11.0 Å². The minimum absolute atomic E-state index is 0.0603. The summed E-state index contributed by atoms with van der Waals surface area (Å²) >= 11 is 0. The third kappa shape index (κ3) is 3.89. The summed E-state index contributed by atoms with van der Waals surface area (Å²) in [4.78, 5) is 22.1. The lowest BCUT2D eigenvalue weighted by Crippen LogP contribution is -2.41. The molecule has 1 fully saturated rings. The van der Waals surface area contributed by atoms with Gasteiger partial charge in [0.1, 0.15) is 5.82 Å². The number of nitrogens with zero attached hydrogens (tertiary/aromatic N) is 2. The number of hydrogen-bond acceptors (Lipinski definition) is 4. The Hall–Kier alpha value is -1.92. The Labute approximate surface area is 135 Å². The van der Waals surface area contributed by atoms with Crippen LogP contribution in [0, 0.1) is 12.8 Å². The second kappa shape index (κ2) is 7.10. The van der Waals surface area contributed by atoms with Crippen molar-refractivity contribution >= 4 is 16.9 Å². The Bertz CT molecular complexity index is 682. The Morgan fingerprint density at radius 1 is 1.52 bits per heavy atom. The lowest BCUT2D eigenvalue weighted by molar-refractivity contribution is 0.0931. The number of carbonyl (C=O) groups is 1. The Kier molecular flexibility index (Phi) is 4.93. The number of benzene rings is 1. The van der Waals surface area contributed by atoms with Crippen LogP contribution in [0.2, 0.25) is 0 Å². The van der Waals surface area contributed by atoms with E-state index in [9.17, 15) is 9.90 Å². The summed E-state index contributed by atoms with van der Waals surface area (Å²) in [6, 6.07) is 5.51. The van der Waals surface area contributed by atoms with E-state index in [1.807, 2.05) is 19.1 Å². The largest absolute Gasteiger partial charge is 0.396 e. The Morgan fingerprint density at radius 2 is 2.39 bits per heavy atom. The third-order valence-corrected chi connectivity index (χ3v) is 4.44. The topological polar surface area (TPSA) is 81.2 Å². The first kappa shape index (κ1) is 16.0. The van der Waals surface area contributed by atoms with Crippen LogP contribution in [0.5, 0.6) is 0 Å². The molecular formula is C17H24N4O2. The maximum Gasteiger partial charge on any atom is 0.251 e. The van der Waals surface area contributed by atoms with E-state index in [2.05, 4.69) is 20.2 Å². The van der Waals surface area contributed by atoms with Crippen LogP contribution in [0.15, 0.2) is 18.2 Å². The molecule has 1 aromatic carbocycles. The molecule has 2 aromatic rings. The molecule has 6 heteroatoms. The third-order valence-electron chi connectivity index (χ3n) is 4.44. The molecule has 1 aliphatic rings. The number of fused-ring (bicyclic) bond motifs is 1. The molecule has 1 atom stereocenters. The highest BCUT2D eigenvalue weighted by Gasteiger charge is 2.18. The fourth-order valence-electron chi connectivity index (χ4n) is 3.21. The molecule has 3 N–H and O–H groups in total. The van der Waals surface area contributed by atoms with Gasteiger partial charge in [-0.25, -0.2) is 4.98 Å². The van der Waals surface area contributed by atoms with Gasteiger partial charge in [0.25, 0.3) is 5.91 Å². The van der Waals surface area contributed by atoms with Crippen molar-refractivity contribution in [1.29, 1.82) is 0 Å². The monoisotopic (exact) mass is 316 g/mol. The number of aliphatic hydroxyl groups is 1. The van der Waals surface area contributed by atoms with Crippen LogP contribution in [0.1, 0.15) is 29.0 Å². The number of aromatic amines is 1. The predicted molar refractivity (Wildman–Crippen MR) is 89.4 cm³/mol. The van der Waals surface area contributed by atoms with Gasteiger partial charge in [-0.05, 0) is 50.4 Å². The SMILES string of the molecule is Cc1nc2ccc(C(=O)NCCN3CCCC(CO)C3)cc2[nH]1. The van der Waals surface area contributed by atoms with Crippen molar-refractivity contribution in [2.45, 2.75) is 19.8 Å². The number of amides is 1. The number of carbonyl (C=O) groups excluding carboxylic acids is 1. The van der Waals surface area contributed by atoms with Gasteiger partial charge in [-0.3, -0.25) is 4.79 Å². The first-order valence-corrected chi connectivity index (χ1v) is 8.23. The molecule has 0 bridgehead atoms. The van der Waals surface area contributed by atoms with Gasteiger partial charge in [0.15, 0.2) is 0 Å². The lowest BCUT2D eigenvalue weighted by atomic mass is 9.99. The molecule has 1 unspecified atom stereocenters. The highest BCUT2D eigenvalue weighted by Crippen LogP contribution is 2.15. The van der Waals surface area contributed by atoms with Crippen LogP contribution < -0.4 is 5.32 Å². The van der Waals surface area contributed by atoms with Gasteiger partial charge in [0.05, 0.1) is 11.0 Å². The highest BCUT2D eigenvalue weighted by molar-refractivity contribution is 5.97. The summed E-state index contributed by atoms with van der Waals surface area (Å²) in [5.41, 5.74) is 2.41. The number of piperidine rings is 1. The van der Waals surface area contributed by atoms with E-state index in [1.54, 1.807) is 6.07 Å². The zero-order chi connectivity index (χ0) is 16.2. The first-order chi connectivity index (χ1) is 11.2. The number of likely N-dealkylation sites (tertiary alicyclic amines) is 1. The summed E-state index contributed by atoms with van der Waals surface area (Å²) in [7, 11) is 0. The van der Waals surface area contributed by atoms with Crippen LogP contribution >= 0.6 is 0 Å².